The van der Waals surface area contributed by atoms with Gasteiger partial charge >= 0.3 is 6.18 Å². The van der Waals surface area contributed by atoms with Crippen molar-refractivity contribution >= 4 is 33.2 Å². The number of hydrogen-bond acceptors (Lipinski definition) is 3. The van der Waals surface area contributed by atoms with E-state index in [1.807, 2.05) is 127 Å². The van der Waals surface area contributed by atoms with Gasteiger partial charge in [0, 0.05) is 29.1 Å². The van der Waals surface area contributed by atoms with E-state index < -0.39 is 11.7 Å². The van der Waals surface area contributed by atoms with E-state index in [2.05, 4.69) is 102 Å². The summed E-state index contributed by atoms with van der Waals surface area (Å²) in [5.41, 5.74) is 12.9. The summed E-state index contributed by atoms with van der Waals surface area (Å²) in [5.74, 6) is 0. The Kier molecular flexibility index (Phi) is 11.3. The van der Waals surface area contributed by atoms with E-state index in [1.165, 1.54) is 6.07 Å². The molecule has 0 atom stereocenters. The Labute approximate surface area is 409 Å². The molecular weight excluding hydrogens is 882 g/mol. The third-order valence-electron chi connectivity index (χ3n) is 13.3. The highest BCUT2D eigenvalue weighted by Crippen LogP contribution is 2.45. The van der Waals surface area contributed by atoms with Crippen LogP contribution in [0.15, 0.2) is 231 Å². The van der Waals surface area contributed by atoms with Gasteiger partial charge in [-0.25, -0.2) is 0 Å². The lowest BCUT2D eigenvalue weighted by Crippen LogP contribution is -2.14. The summed E-state index contributed by atoms with van der Waals surface area (Å²) in [5, 5.41) is 23.7. The predicted octanol–water partition coefficient (Wildman–Crippen LogP) is 17.3. The molecule has 7 heteroatoms. The Morgan fingerprint density at radius 3 is 1.31 bits per heavy atom. The molecule has 10 aromatic carbocycles. The van der Waals surface area contributed by atoms with E-state index in [1.54, 1.807) is 12.1 Å². The molecule has 0 N–H and O–H groups in total. The van der Waals surface area contributed by atoms with Gasteiger partial charge in [-0.3, -0.25) is 0 Å². The number of rotatable bonds is 9. The molecule has 1 aromatic heterocycles. The highest BCUT2D eigenvalue weighted by Gasteiger charge is 2.32. The van der Waals surface area contributed by atoms with Crippen molar-refractivity contribution in [2.24, 2.45) is 0 Å². The summed E-state index contributed by atoms with van der Waals surface area (Å²) in [6.45, 7) is 0. The number of halogens is 3. The first-order chi connectivity index (χ1) is 34.6. The number of aromatic nitrogens is 1. The van der Waals surface area contributed by atoms with Crippen LogP contribution in [0, 0.1) is 22.7 Å². The minimum absolute atomic E-state index is 0.135. The zero-order valence-electron chi connectivity index (χ0n) is 38.4. The average molecular weight is 923 g/mol. The van der Waals surface area contributed by atoms with Crippen LogP contribution in [0.3, 0.4) is 0 Å². The quantitative estimate of drug-likeness (QED) is 0.145. The molecule has 0 aliphatic carbocycles. The second-order valence-corrected chi connectivity index (χ2v) is 17.5. The maximum atomic E-state index is 14.7. The van der Waals surface area contributed by atoms with E-state index in [0.29, 0.717) is 22.5 Å². The Hall–Kier alpha value is -9.43. The predicted molar refractivity (Wildman–Crippen MR) is 282 cm³/mol. The van der Waals surface area contributed by atoms with Crippen LogP contribution in [0.25, 0.3) is 94.3 Å². The van der Waals surface area contributed by atoms with Crippen LogP contribution >= 0.6 is 0 Å². The molecule has 0 saturated carbocycles. The molecule has 0 unspecified atom stereocenters. The Morgan fingerprint density at radius 2 is 0.817 bits per heavy atom. The van der Waals surface area contributed by atoms with Crippen molar-refractivity contribution in [2.45, 2.75) is 6.18 Å². The Morgan fingerprint density at radius 1 is 0.394 bits per heavy atom. The van der Waals surface area contributed by atoms with Gasteiger partial charge in [-0.2, -0.15) is 23.7 Å². The van der Waals surface area contributed by atoms with E-state index in [-0.39, 0.29) is 11.1 Å². The normalized spacial score (nSPS) is 11.4. The number of fused-ring (bicyclic) bond motifs is 3. The highest BCUT2D eigenvalue weighted by molar-refractivity contribution is 6.11. The Balaban J connectivity index is 1.21. The second kappa shape index (κ2) is 18.2. The summed E-state index contributed by atoms with van der Waals surface area (Å²) in [7, 11) is 1.90. The van der Waals surface area contributed by atoms with Crippen molar-refractivity contribution in [2.75, 3.05) is 11.9 Å². The van der Waals surface area contributed by atoms with Crippen LogP contribution in [0.1, 0.15) is 16.7 Å². The molecule has 1 heterocycles. The van der Waals surface area contributed by atoms with Gasteiger partial charge in [0.05, 0.1) is 45.2 Å². The first kappa shape index (κ1) is 44.1. The zero-order valence-corrected chi connectivity index (χ0v) is 38.4. The molecule has 4 nitrogen and oxygen atoms in total. The van der Waals surface area contributed by atoms with Gasteiger partial charge in [-0.15, -0.1) is 0 Å². The van der Waals surface area contributed by atoms with Gasteiger partial charge in [-0.05, 0) is 110 Å². The van der Waals surface area contributed by atoms with E-state index in [0.717, 1.165) is 95.3 Å². The maximum absolute atomic E-state index is 14.7. The van der Waals surface area contributed by atoms with Crippen molar-refractivity contribution in [3.63, 3.8) is 0 Å². The molecular formula is C64H41F3N4. The summed E-state index contributed by atoms with van der Waals surface area (Å²) in [6, 6.07) is 79.1. The average Bonchev–Trinajstić information content (AvgIpc) is 3.75. The number of benzene rings is 10. The summed E-state index contributed by atoms with van der Waals surface area (Å²) in [4.78, 5) is 1.97. The zero-order chi connectivity index (χ0) is 48.6. The lowest BCUT2D eigenvalue weighted by Gasteiger charge is -2.27. The molecule has 0 bridgehead atoms. The van der Waals surface area contributed by atoms with Crippen molar-refractivity contribution in [3.05, 3.63) is 247 Å². The fourth-order valence-corrected chi connectivity index (χ4v) is 9.72. The molecule has 0 amide bonds. The first-order valence-electron chi connectivity index (χ1n) is 23.1. The lowest BCUT2D eigenvalue weighted by molar-refractivity contribution is -0.137. The standard InChI is InChI=1S/C64H41F3N4/c1-70(59-35-49(44-16-8-3-9-17-44)26-29-55(59)48-24-22-47(23-25-48)43-14-6-2-7-15-43)60-38-53(52-32-42(40-68)33-54(34-52)64(65,66)67)39-63(58(60)41-69)71-61-36-50(45-18-10-4-11-19-45)27-30-56(61)57-31-28-51(37-62(57)71)46-20-12-5-13-21-46/h2-39H,1H3. The van der Waals surface area contributed by atoms with Gasteiger partial charge in [0.25, 0.3) is 0 Å². The molecule has 71 heavy (non-hydrogen) atoms. The van der Waals surface area contributed by atoms with Crippen LogP contribution in [-0.4, -0.2) is 11.6 Å². The second-order valence-electron chi connectivity index (χ2n) is 17.5. The largest absolute Gasteiger partial charge is 0.416 e. The highest BCUT2D eigenvalue weighted by atomic mass is 19.4. The summed E-state index contributed by atoms with van der Waals surface area (Å²) in [6.07, 6.45) is -4.73. The third kappa shape index (κ3) is 8.37. The molecule has 0 fully saturated rings. The van der Waals surface area contributed by atoms with Crippen molar-refractivity contribution in [3.8, 4) is 84.6 Å². The van der Waals surface area contributed by atoms with Gasteiger partial charge in [0.15, 0.2) is 0 Å². The summed E-state index contributed by atoms with van der Waals surface area (Å²) < 4.78 is 46.2. The topological polar surface area (TPSA) is 55.8 Å². The molecule has 0 aliphatic heterocycles. The SMILES string of the molecule is CN(c1cc(-c2ccccc2)ccc1-c1ccc(-c2ccccc2)cc1)c1cc(-c2cc(C#N)cc(C(F)(F)F)c2)cc(-n2c3cc(-c4ccccc4)ccc3c3ccc(-c4ccccc4)cc32)c1C#N. The molecule has 0 spiro atoms. The van der Waals surface area contributed by atoms with Crippen molar-refractivity contribution in [1.29, 1.82) is 10.5 Å². The first-order valence-corrected chi connectivity index (χ1v) is 23.1. The number of nitrogens with zero attached hydrogens (tertiary/aromatic N) is 4. The fraction of sp³-hybridized carbons (Fsp3) is 0.0312. The minimum atomic E-state index is -4.73. The third-order valence-corrected chi connectivity index (χ3v) is 13.3. The van der Waals surface area contributed by atoms with Crippen LogP contribution < -0.4 is 4.90 Å². The molecule has 0 radical (unpaired) electrons. The van der Waals surface area contributed by atoms with E-state index >= 15 is 0 Å². The summed E-state index contributed by atoms with van der Waals surface area (Å²) >= 11 is 0. The monoisotopic (exact) mass is 922 g/mol. The molecule has 11 aromatic rings. The van der Waals surface area contributed by atoms with Crippen LogP contribution in [-0.2, 0) is 6.18 Å². The van der Waals surface area contributed by atoms with Crippen molar-refractivity contribution in [1.82, 2.24) is 4.57 Å². The number of anilines is 2. The minimum Gasteiger partial charge on any atom is -0.343 e. The van der Waals surface area contributed by atoms with E-state index in [4.69, 9.17) is 0 Å². The van der Waals surface area contributed by atoms with Gasteiger partial charge in [0.2, 0.25) is 0 Å². The van der Waals surface area contributed by atoms with Crippen LogP contribution in [0.4, 0.5) is 24.5 Å². The van der Waals surface area contributed by atoms with Gasteiger partial charge in [0.1, 0.15) is 6.07 Å². The molecule has 0 saturated heterocycles. The van der Waals surface area contributed by atoms with Gasteiger partial charge in [-0.1, -0.05) is 182 Å². The number of nitriles is 2. The fourth-order valence-electron chi connectivity index (χ4n) is 9.72. The smallest absolute Gasteiger partial charge is 0.343 e. The Bertz CT molecular complexity index is 3770. The number of alkyl halides is 3. The molecule has 338 valence electrons. The van der Waals surface area contributed by atoms with Crippen LogP contribution in [0.5, 0.6) is 0 Å². The van der Waals surface area contributed by atoms with Gasteiger partial charge < -0.3 is 9.47 Å². The molecule has 0 aliphatic rings. The number of hydrogen-bond donors (Lipinski definition) is 0. The lowest BCUT2D eigenvalue weighted by atomic mass is 9.94. The van der Waals surface area contributed by atoms with Crippen LogP contribution in [0.2, 0.25) is 0 Å². The van der Waals surface area contributed by atoms with Crippen molar-refractivity contribution < 1.29 is 13.2 Å². The van der Waals surface area contributed by atoms with E-state index in [9.17, 15) is 23.7 Å². The maximum Gasteiger partial charge on any atom is 0.416 e. The molecule has 11 rings (SSSR count).